The van der Waals surface area contributed by atoms with Crippen molar-refractivity contribution in [1.29, 1.82) is 0 Å². The van der Waals surface area contributed by atoms with E-state index in [1.807, 2.05) is 0 Å². The number of benzene rings is 1. The first kappa shape index (κ1) is 14.2. The summed E-state index contributed by atoms with van der Waals surface area (Å²) in [6.07, 6.45) is 0.185. The molecule has 1 aromatic carbocycles. The van der Waals surface area contributed by atoms with Crippen molar-refractivity contribution >= 4 is 17.3 Å². The summed E-state index contributed by atoms with van der Waals surface area (Å²) in [6.45, 7) is 2.75. The minimum absolute atomic E-state index is 0.0136. The number of hydrogen-bond donors (Lipinski definition) is 0. The first-order valence-electron chi connectivity index (χ1n) is 6.32. The third kappa shape index (κ3) is 2.43. The molecular formula is C15H16O5. The summed E-state index contributed by atoms with van der Waals surface area (Å²) >= 11 is 0. The summed E-state index contributed by atoms with van der Waals surface area (Å²) in [7, 11) is 1.50. The van der Waals surface area contributed by atoms with Gasteiger partial charge in [-0.2, -0.15) is 0 Å². The van der Waals surface area contributed by atoms with Crippen molar-refractivity contribution in [3.63, 3.8) is 0 Å². The molecule has 5 nitrogen and oxygen atoms in total. The van der Waals surface area contributed by atoms with Crippen LogP contribution in [0.25, 0.3) is 0 Å². The molecule has 0 bridgehead atoms. The number of Topliss-reactive ketones (excluding diaryl/α,β-unsaturated/α-hetero) is 3. The Labute approximate surface area is 116 Å². The standard InChI is InChI=1S/C15H16O5/c1-8(16)11(9(2)17)6-12-14(19-3)5-4-10-13(18)7-20-15(10)12/h4-5,11H,6-7H2,1-3H3. The summed E-state index contributed by atoms with van der Waals surface area (Å²) in [4.78, 5) is 34.8. The van der Waals surface area contributed by atoms with E-state index in [2.05, 4.69) is 0 Å². The molecule has 0 spiro atoms. The van der Waals surface area contributed by atoms with E-state index < -0.39 is 5.92 Å². The lowest BCUT2D eigenvalue weighted by Gasteiger charge is -2.16. The van der Waals surface area contributed by atoms with Gasteiger partial charge in [0.25, 0.3) is 0 Å². The zero-order chi connectivity index (χ0) is 14.9. The van der Waals surface area contributed by atoms with Crippen LogP contribution in [-0.2, 0) is 16.0 Å². The molecule has 0 saturated heterocycles. The molecule has 1 aliphatic heterocycles. The van der Waals surface area contributed by atoms with Gasteiger partial charge in [0.1, 0.15) is 23.1 Å². The minimum atomic E-state index is -0.741. The van der Waals surface area contributed by atoms with E-state index in [4.69, 9.17) is 9.47 Å². The van der Waals surface area contributed by atoms with Crippen molar-refractivity contribution in [2.45, 2.75) is 20.3 Å². The maximum absolute atomic E-state index is 11.7. The lowest BCUT2D eigenvalue weighted by Crippen LogP contribution is -2.22. The summed E-state index contributed by atoms with van der Waals surface area (Å²) in [6, 6.07) is 3.31. The predicted octanol–water partition coefficient (Wildman–Crippen LogP) is 1.61. The molecule has 20 heavy (non-hydrogen) atoms. The van der Waals surface area contributed by atoms with Crippen molar-refractivity contribution in [2.75, 3.05) is 13.7 Å². The lowest BCUT2D eigenvalue weighted by atomic mass is 9.90. The second-order valence-electron chi connectivity index (χ2n) is 4.81. The fraction of sp³-hybridized carbons (Fsp3) is 0.400. The second kappa shape index (κ2) is 5.45. The number of carbonyl (C=O) groups excluding carboxylic acids is 3. The highest BCUT2D eigenvalue weighted by molar-refractivity contribution is 6.04. The molecule has 106 valence electrons. The lowest BCUT2D eigenvalue weighted by molar-refractivity contribution is -0.130. The van der Waals surface area contributed by atoms with E-state index in [0.29, 0.717) is 22.6 Å². The molecule has 2 rings (SSSR count). The topological polar surface area (TPSA) is 69.7 Å². The Balaban J connectivity index is 2.47. The van der Waals surface area contributed by atoms with Gasteiger partial charge in [-0.05, 0) is 32.4 Å². The predicted molar refractivity (Wildman–Crippen MR) is 71.4 cm³/mol. The van der Waals surface area contributed by atoms with Gasteiger partial charge in [0.2, 0.25) is 5.78 Å². The molecule has 0 aliphatic carbocycles. The number of ketones is 3. The molecule has 0 atom stereocenters. The summed E-state index contributed by atoms with van der Waals surface area (Å²) in [5.74, 6) is -0.309. The Morgan fingerprint density at radius 3 is 2.50 bits per heavy atom. The first-order valence-corrected chi connectivity index (χ1v) is 6.32. The summed E-state index contributed by atoms with van der Waals surface area (Å²) < 4.78 is 10.6. The zero-order valence-corrected chi connectivity index (χ0v) is 11.7. The fourth-order valence-corrected chi connectivity index (χ4v) is 2.37. The second-order valence-corrected chi connectivity index (χ2v) is 4.81. The Morgan fingerprint density at radius 2 is 1.95 bits per heavy atom. The number of hydrogen-bond acceptors (Lipinski definition) is 5. The molecule has 0 amide bonds. The molecule has 0 fully saturated rings. The van der Waals surface area contributed by atoms with Gasteiger partial charge in [0.15, 0.2) is 6.61 Å². The van der Waals surface area contributed by atoms with Crippen LogP contribution in [0.15, 0.2) is 12.1 Å². The third-order valence-electron chi connectivity index (χ3n) is 3.48. The Morgan fingerprint density at radius 1 is 1.30 bits per heavy atom. The van der Waals surface area contributed by atoms with Gasteiger partial charge < -0.3 is 9.47 Å². The molecule has 0 saturated carbocycles. The minimum Gasteiger partial charge on any atom is -0.496 e. The number of ether oxygens (including phenoxy) is 2. The van der Waals surface area contributed by atoms with Crippen LogP contribution in [0.4, 0.5) is 0 Å². The normalized spacial score (nSPS) is 13.1. The van der Waals surface area contributed by atoms with Gasteiger partial charge in [-0.3, -0.25) is 14.4 Å². The highest BCUT2D eigenvalue weighted by Gasteiger charge is 2.30. The van der Waals surface area contributed by atoms with E-state index in [1.54, 1.807) is 12.1 Å². The van der Waals surface area contributed by atoms with Gasteiger partial charge in [-0.25, -0.2) is 0 Å². The molecule has 0 N–H and O–H groups in total. The largest absolute Gasteiger partial charge is 0.496 e. The molecule has 0 unspecified atom stereocenters. The van der Waals surface area contributed by atoms with Crippen LogP contribution in [0.5, 0.6) is 11.5 Å². The van der Waals surface area contributed by atoms with Gasteiger partial charge in [0.05, 0.1) is 18.6 Å². The Kier molecular flexibility index (Phi) is 3.88. The Hall–Kier alpha value is -2.17. The fourth-order valence-electron chi connectivity index (χ4n) is 2.37. The van der Waals surface area contributed by atoms with Gasteiger partial charge in [0, 0.05) is 5.56 Å². The van der Waals surface area contributed by atoms with Crippen molar-refractivity contribution in [3.05, 3.63) is 23.3 Å². The number of rotatable bonds is 5. The van der Waals surface area contributed by atoms with E-state index in [9.17, 15) is 14.4 Å². The quantitative estimate of drug-likeness (QED) is 0.764. The van der Waals surface area contributed by atoms with Crippen LogP contribution in [0.1, 0.15) is 29.8 Å². The van der Waals surface area contributed by atoms with Crippen molar-refractivity contribution in [3.8, 4) is 11.5 Å². The van der Waals surface area contributed by atoms with Crippen LogP contribution in [0.2, 0.25) is 0 Å². The van der Waals surface area contributed by atoms with Crippen molar-refractivity contribution in [2.24, 2.45) is 5.92 Å². The maximum atomic E-state index is 11.7. The van der Waals surface area contributed by atoms with Crippen LogP contribution in [0, 0.1) is 5.92 Å². The Bertz CT molecular complexity index is 574. The third-order valence-corrected chi connectivity index (χ3v) is 3.48. The van der Waals surface area contributed by atoms with Crippen LogP contribution >= 0.6 is 0 Å². The van der Waals surface area contributed by atoms with Gasteiger partial charge in [-0.1, -0.05) is 0 Å². The van der Waals surface area contributed by atoms with Gasteiger partial charge in [-0.15, -0.1) is 0 Å². The smallest absolute Gasteiger partial charge is 0.203 e. The van der Waals surface area contributed by atoms with E-state index >= 15 is 0 Å². The van der Waals surface area contributed by atoms with Crippen molar-refractivity contribution in [1.82, 2.24) is 0 Å². The number of fused-ring (bicyclic) bond motifs is 1. The van der Waals surface area contributed by atoms with E-state index in [-0.39, 0.29) is 30.4 Å². The number of methoxy groups -OCH3 is 1. The monoisotopic (exact) mass is 276 g/mol. The van der Waals surface area contributed by atoms with E-state index in [0.717, 1.165) is 0 Å². The summed E-state index contributed by atoms with van der Waals surface area (Å²) in [5, 5.41) is 0. The van der Waals surface area contributed by atoms with Gasteiger partial charge >= 0.3 is 0 Å². The molecule has 0 aromatic heterocycles. The van der Waals surface area contributed by atoms with E-state index in [1.165, 1.54) is 21.0 Å². The molecule has 5 heteroatoms. The highest BCUT2D eigenvalue weighted by atomic mass is 16.5. The van der Waals surface area contributed by atoms with Crippen molar-refractivity contribution < 1.29 is 23.9 Å². The average molecular weight is 276 g/mol. The zero-order valence-electron chi connectivity index (χ0n) is 11.7. The SMILES string of the molecule is COc1ccc2c(c1CC(C(C)=O)C(C)=O)OCC2=O. The molecule has 1 heterocycles. The molecule has 0 radical (unpaired) electrons. The summed E-state index contributed by atoms with van der Waals surface area (Å²) in [5.41, 5.74) is 1.08. The molecule has 1 aromatic rings. The van der Waals surface area contributed by atoms with Crippen LogP contribution < -0.4 is 9.47 Å². The highest BCUT2D eigenvalue weighted by Crippen LogP contribution is 2.37. The maximum Gasteiger partial charge on any atom is 0.203 e. The number of carbonyl (C=O) groups is 3. The van der Waals surface area contributed by atoms with Crippen LogP contribution in [-0.4, -0.2) is 31.1 Å². The first-order chi connectivity index (χ1) is 9.45. The molecule has 1 aliphatic rings. The van der Waals surface area contributed by atoms with Crippen LogP contribution in [0.3, 0.4) is 0 Å². The average Bonchev–Trinajstić information content (AvgIpc) is 2.77. The molecular weight excluding hydrogens is 260 g/mol.